The number of hydrogen-bond donors (Lipinski definition) is 2. The van der Waals surface area contributed by atoms with Crippen LogP contribution in [0, 0.1) is 0 Å². The molecule has 0 aliphatic carbocycles. The molecule has 0 saturated carbocycles. The molecule has 0 heterocycles. The third-order valence-corrected chi connectivity index (χ3v) is 3.43. The molecule has 0 fully saturated rings. The maximum absolute atomic E-state index is 12.5. The van der Waals surface area contributed by atoms with Gasteiger partial charge < -0.3 is 20.1 Å². The van der Waals surface area contributed by atoms with Crippen molar-refractivity contribution in [3.8, 4) is 0 Å². The van der Waals surface area contributed by atoms with Gasteiger partial charge in [0.2, 0.25) is 0 Å². The number of amides is 2. The van der Waals surface area contributed by atoms with E-state index < -0.39 is 24.4 Å². The number of nitrogens with one attached hydrogen (secondary N) is 2. The van der Waals surface area contributed by atoms with Gasteiger partial charge in [0.25, 0.3) is 11.8 Å². The number of para-hydroxylation sites is 1. The van der Waals surface area contributed by atoms with E-state index in [4.69, 9.17) is 16.3 Å². The second kappa shape index (κ2) is 9.55. The summed E-state index contributed by atoms with van der Waals surface area (Å²) in [6.07, 6.45) is 0. The van der Waals surface area contributed by atoms with Crippen LogP contribution in [0.25, 0.3) is 0 Å². The van der Waals surface area contributed by atoms with Crippen LogP contribution in [-0.4, -0.2) is 38.1 Å². The van der Waals surface area contributed by atoms with E-state index in [1.54, 1.807) is 48.5 Å². The van der Waals surface area contributed by atoms with E-state index in [2.05, 4.69) is 15.4 Å². The molecule has 0 aromatic heterocycles. The topological polar surface area (TPSA) is 93.7 Å². The van der Waals surface area contributed by atoms with Crippen molar-refractivity contribution < 1.29 is 23.9 Å². The minimum atomic E-state index is -0.656. The summed E-state index contributed by atoms with van der Waals surface area (Å²) < 4.78 is 9.34. The average Bonchev–Trinajstić information content (AvgIpc) is 2.62. The van der Waals surface area contributed by atoms with Crippen LogP contribution < -0.4 is 10.6 Å². The molecule has 0 aliphatic rings. The monoisotopic (exact) mass is 376 g/mol. The fourth-order valence-electron chi connectivity index (χ4n) is 2.01. The zero-order chi connectivity index (χ0) is 18.9. The van der Waals surface area contributed by atoms with Gasteiger partial charge in [-0.3, -0.25) is 9.59 Å². The van der Waals surface area contributed by atoms with E-state index in [1.807, 2.05) is 0 Å². The van der Waals surface area contributed by atoms with Gasteiger partial charge >= 0.3 is 5.97 Å². The molecule has 0 radical (unpaired) electrons. The molecule has 7 nitrogen and oxygen atoms in total. The number of hydrogen-bond acceptors (Lipinski definition) is 5. The van der Waals surface area contributed by atoms with E-state index >= 15 is 0 Å². The number of esters is 1. The number of carbonyl (C=O) groups is 3. The van der Waals surface area contributed by atoms with Gasteiger partial charge in [-0.15, -0.1) is 0 Å². The highest BCUT2D eigenvalue weighted by molar-refractivity contribution is 6.30. The molecule has 0 aliphatic heterocycles. The smallest absolute Gasteiger partial charge is 0.332 e. The van der Waals surface area contributed by atoms with Gasteiger partial charge in [-0.2, -0.15) is 0 Å². The lowest BCUT2D eigenvalue weighted by Gasteiger charge is -2.12. The lowest BCUT2D eigenvalue weighted by atomic mass is 10.1. The molecule has 136 valence electrons. The quantitative estimate of drug-likeness (QED) is 0.725. The van der Waals surface area contributed by atoms with Crippen LogP contribution in [0.2, 0.25) is 5.02 Å². The first-order chi connectivity index (χ1) is 12.5. The molecule has 2 amide bonds. The van der Waals surface area contributed by atoms with Crippen molar-refractivity contribution in [2.45, 2.75) is 0 Å². The van der Waals surface area contributed by atoms with Gasteiger partial charge in [-0.25, -0.2) is 4.79 Å². The second-order valence-electron chi connectivity index (χ2n) is 5.15. The number of methoxy groups -OCH3 is 1. The van der Waals surface area contributed by atoms with Crippen LogP contribution in [-0.2, 0) is 19.1 Å². The van der Waals surface area contributed by atoms with Crippen LogP contribution >= 0.6 is 11.6 Å². The van der Waals surface area contributed by atoms with Gasteiger partial charge in [0.05, 0.1) is 11.3 Å². The molecule has 2 aromatic rings. The van der Waals surface area contributed by atoms with Gasteiger partial charge in [0, 0.05) is 17.8 Å². The predicted molar refractivity (Wildman–Crippen MR) is 97.3 cm³/mol. The largest absolute Gasteiger partial charge is 0.454 e. The van der Waals surface area contributed by atoms with Crippen molar-refractivity contribution in [1.82, 2.24) is 0 Å². The fourth-order valence-corrected chi connectivity index (χ4v) is 2.14. The minimum Gasteiger partial charge on any atom is -0.454 e. The Morgan fingerprint density at radius 2 is 1.65 bits per heavy atom. The summed E-state index contributed by atoms with van der Waals surface area (Å²) in [5, 5.41) is 5.81. The van der Waals surface area contributed by atoms with Crippen LogP contribution in [0.1, 0.15) is 10.4 Å². The van der Waals surface area contributed by atoms with Crippen LogP contribution in [0.5, 0.6) is 0 Å². The molecular weight excluding hydrogens is 360 g/mol. The van der Waals surface area contributed by atoms with Crippen molar-refractivity contribution in [2.75, 3.05) is 31.0 Å². The zero-order valence-electron chi connectivity index (χ0n) is 14.0. The van der Waals surface area contributed by atoms with E-state index in [0.717, 1.165) is 0 Å². The Balaban J connectivity index is 2.02. The first kappa shape index (κ1) is 19.4. The molecule has 2 rings (SSSR count). The van der Waals surface area contributed by atoms with E-state index in [0.29, 0.717) is 16.4 Å². The van der Waals surface area contributed by atoms with E-state index in [1.165, 1.54) is 7.11 Å². The summed E-state index contributed by atoms with van der Waals surface area (Å²) >= 11 is 5.82. The van der Waals surface area contributed by atoms with Gasteiger partial charge in [-0.05, 0) is 36.4 Å². The molecular formula is C18H17ClN2O5. The normalized spacial score (nSPS) is 10.1. The number of benzene rings is 2. The molecule has 0 saturated heterocycles. The Morgan fingerprint density at radius 3 is 2.35 bits per heavy atom. The molecule has 0 atom stereocenters. The molecule has 8 heteroatoms. The van der Waals surface area contributed by atoms with Crippen LogP contribution in [0.15, 0.2) is 48.5 Å². The lowest BCUT2D eigenvalue weighted by Crippen LogP contribution is -2.24. The summed E-state index contributed by atoms with van der Waals surface area (Å²) in [5.41, 5.74) is 1.12. The van der Waals surface area contributed by atoms with Crippen molar-refractivity contribution in [1.29, 1.82) is 0 Å². The highest BCUT2D eigenvalue weighted by atomic mass is 35.5. The van der Waals surface area contributed by atoms with Crippen LogP contribution in [0.4, 0.5) is 11.4 Å². The Hall–Kier alpha value is -2.90. The first-order valence-corrected chi connectivity index (χ1v) is 7.97. The van der Waals surface area contributed by atoms with Crippen LogP contribution in [0.3, 0.4) is 0 Å². The zero-order valence-corrected chi connectivity index (χ0v) is 14.7. The third-order valence-electron chi connectivity index (χ3n) is 3.17. The highest BCUT2D eigenvalue weighted by Gasteiger charge is 2.14. The lowest BCUT2D eigenvalue weighted by molar-refractivity contribution is -0.150. The van der Waals surface area contributed by atoms with Gasteiger partial charge in [0.1, 0.15) is 6.61 Å². The van der Waals surface area contributed by atoms with Gasteiger partial charge in [-0.1, -0.05) is 23.7 Å². The second-order valence-corrected chi connectivity index (χ2v) is 5.58. The van der Waals surface area contributed by atoms with Crippen molar-refractivity contribution in [2.24, 2.45) is 0 Å². The maximum Gasteiger partial charge on any atom is 0.332 e. The first-order valence-electron chi connectivity index (χ1n) is 7.60. The average molecular weight is 377 g/mol. The number of halogens is 1. The summed E-state index contributed by atoms with van der Waals surface area (Å²) in [5.74, 6) is -1.63. The highest BCUT2D eigenvalue weighted by Crippen LogP contribution is 2.19. The number of carbonyl (C=O) groups excluding carboxylic acids is 3. The van der Waals surface area contributed by atoms with E-state index in [-0.39, 0.29) is 12.2 Å². The minimum absolute atomic E-state index is 0.243. The molecule has 0 bridgehead atoms. The number of rotatable bonds is 7. The summed E-state index contributed by atoms with van der Waals surface area (Å²) in [7, 11) is 1.34. The number of ether oxygens (including phenoxy) is 2. The Morgan fingerprint density at radius 1 is 0.962 bits per heavy atom. The standard InChI is InChI=1S/C18H17ClN2O5/c1-25-11-17(23)26-10-16(22)21-15-5-3-2-4-14(15)18(24)20-13-8-6-12(19)7-9-13/h2-9H,10-11H2,1H3,(H,20,24)(H,21,22). The molecule has 2 N–H and O–H groups in total. The molecule has 26 heavy (non-hydrogen) atoms. The molecule has 0 spiro atoms. The Bertz CT molecular complexity index is 792. The number of anilines is 2. The molecule has 2 aromatic carbocycles. The molecule has 0 unspecified atom stereocenters. The fraction of sp³-hybridized carbons (Fsp3) is 0.167. The third kappa shape index (κ3) is 5.87. The summed E-state index contributed by atoms with van der Waals surface area (Å²) in [4.78, 5) is 35.6. The summed E-state index contributed by atoms with van der Waals surface area (Å²) in [6, 6.07) is 13.1. The predicted octanol–water partition coefficient (Wildman–Crippen LogP) is 2.72. The van der Waals surface area contributed by atoms with Crippen molar-refractivity contribution in [3.05, 3.63) is 59.1 Å². The Kier molecular flexibility index (Phi) is 7.13. The SMILES string of the molecule is COCC(=O)OCC(=O)Nc1ccccc1C(=O)Nc1ccc(Cl)cc1. The summed E-state index contributed by atoms with van der Waals surface area (Å²) in [6.45, 7) is -0.720. The van der Waals surface area contributed by atoms with E-state index in [9.17, 15) is 14.4 Å². The van der Waals surface area contributed by atoms with Crippen molar-refractivity contribution >= 4 is 40.8 Å². The van der Waals surface area contributed by atoms with Crippen molar-refractivity contribution in [3.63, 3.8) is 0 Å². The maximum atomic E-state index is 12.5. The Labute approximate surface area is 155 Å². The van der Waals surface area contributed by atoms with Gasteiger partial charge in [0.15, 0.2) is 6.61 Å².